The highest BCUT2D eigenvalue weighted by molar-refractivity contribution is 6.30. The zero-order chi connectivity index (χ0) is 22.5. The second-order valence-corrected chi connectivity index (χ2v) is 7.06. The molecule has 0 unspecified atom stereocenters. The summed E-state index contributed by atoms with van der Waals surface area (Å²) in [7, 11) is 3.36. The monoisotopic (exact) mass is 437 g/mol. The van der Waals surface area contributed by atoms with Gasteiger partial charge in [-0.25, -0.2) is 9.97 Å². The van der Waals surface area contributed by atoms with E-state index in [0.717, 1.165) is 0 Å². The summed E-state index contributed by atoms with van der Waals surface area (Å²) in [6.07, 6.45) is 1.47. The molecule has 1 aromatic heterocycles. The zero-order valence-electron chi connectivity index (χ0n) is 16.8. The highest BCUT2D eigenvalue weighted by Crippen LogP contribution is 2.21. The molecule has 9 nitrogen and oxygen atoms in total. The van der Waals surface area contributed by atoms with Crippen molar-refractivity contribution in [2.45, 2.75) is 0 Å². The van der Waals surface area contributed by atoms with Crippen molar-refractivity contribution in [3.63, 3.8) is 0 Å². The minimum Gasteiger partial charge on any atom is -0.405 e. The molecule has 0 bridgehead atoms. The number of aromatic nitrogens is 2. The molecule has 5 N–H and O–H groups in total. The summed E-state index contributed by atoms with van der Waals surface area (Å²) >= 11 is 5.92. The van der Waals surface area contributed by atoms with Crippen molar-refractivity contribution < 1.29 is 9.53 Å². The first-order valence-corrected chi connectivity index (χ1v) is 9.43. The Morgan fingerprint density at radius 3 is 2.55 bits per heavy atom. The fourth-order valence-electron chi connectivity index (χ4n) is 2.60. The number of benzene rings is 2. The number of amides is 1. The van der Waals surface area contributed by atoms with Crippen LogP contribution in [0.2, 0.25) is 5.02 Å². The Kier molecular flexibility index (Phi) is 6.46. The van der Waals surface area contributed by atoms with E-state index in [-0.39, 0.29) is 23.4 Å². The Morgan fingerprint density at radius 2 is 1.90 bits per heavy atom. The Labute approximate surface area is 183 Å². The van der Waals surface area contributed by atoms with Gasteiger partial charge in [0, 0.05) is 30.2 Å². The van der Waals surface area contributed by atoms with Gasteiger partial charge in [-0.3, -0.25) is 10.2 Å². The Bertz CT molecular complexity index is 1160. The first kappa shape index (κ1) is 21.7. The van der Waals surface area contributed by atoms with Gasteiger partial charge >= 0.3 is 0 Å². The number of ether oxygens (including phenoxy) is 1. The zero-order valence-corrected chi connectivity index (χ0v) is 17.6. The van der Waals surface area contributed by atoms with Crippen LogP contribution in [0.15, 0.2) is 59.7 Å². The van der Waals surface area contributed by atoms with Gasteiger partial charge in [-0.1, -0.05) is 29.8 Å². The number of rotatable bonds is 4. The van der Waals surface area contributed by atoms with Crippen LogP contribution in [0.1, 0.15) is 16.1 Å². The van der Waals surface area contributed by atoms with Crippen molar-refractivity contribution in [3.8, 4) is 11.3 Å². The van der Waals surface area contributed by atoms with Gasteiger partial charge in [-0.15, -0.1) is 0 Å². The van der Waals surface area contributed by atoms with E-state index in [1.165, 1.54) is 11.1 Å². The number of halogens is 1. The molecule has 0 atom stereocenters. The number of aliphatic imine (C=N–C) groups is 1. The van der Waals surface area contributed by atoms with Crippen LogP contribution in [0.3, 0.4) is 0 Å². The van der Waals surface area contributed by atoms with E-state index in [1.54, 1.807) is 62.6 Å². The van der Waals surface area contributed by atoms with Crippen LogP contribution in [0, 0.1) is 5.41 Å². The number of carbonyl (C=O) groups excluding carboxylic acids is 1. The number of anilines is 1. The molecule has 0 aliphatic heterocycles. The molecule has 1 heterocycles. The second kappa shape index (κ2) is 9.23. The van der Waals surface area contributed by atoms with Crippen molar-refractivity contribution in [3.05, 3.63) is 71.0 Å². The number of nitrogens with zero attached hydrogens (tertiary/aromatic N) is 4. The van der Waals surface area contributed by atoms with Crippen LogP contribution in [0.25, 0.3) is 11.3 Å². The van der Waals surface area contributed by atoms with Crippen LogP contribution >= 0.6 is 11.6 Å². The molecule has 2 aromatic carbocycles. The van der Waals surface area contributed by atoms with E-state index in [2.05, 4.69) is 15.0 Å². The average molecular weight is 438 g/mol. The minimum absolute atomic E-state index is 0.00344. The third-order valence-corrected chi connectivity index (χ3v) is 4.34. The average Bonchev–Trinajstić information content (AvgIpc) is 2.73. The maximum absolute atomic E-state index is 12.0. The van der Waals surface area contributed by atoms with Crippen LogP contribution in [-0.2, 0) is 4.74 Å². The summed E-state index contributed by atoms with van der Waals surface area (Å²) in [6, 6.07) is 13.3. The van der Waals surface area contributed by atoms with Gasteiger partial charge < -0.3 is 21.1 Å². The summed E-state index contributed by atoms with van der Waals surface area (Å²) in [6.45, 7) is 0. The van der Waals surface area contributed by atoms with Crippen molar-refractivity contribution in [2.75, 3.05) is 19.8 Å². The fourth-order valence-corrected chi connectivity index (χ4v) is 2.78. The molecular weight excluding hydrogens is 418 g/mol. The Hall–Kier alpha value is -3.98. The molecular formula is C21H20ClN7O2. The number of hydrogen-bond donors (Lipinski definition) is 3. The van der Waals surface area contributed by atoms with Crippen molar-refractivity contribution >= 4 is 40.9 Å². The quantitative estimate of drug-likeness (QED) is 0.422. The van der Waals surface area contributed by atoms with Gasteiger partial charge in [0.1, 0.15) is 0 Å². The molecule has 3 rings (SSSR count). The van der Waals surface area contributed by atoms with Crippen molar-refractivity contribution in [2.24, 2.45) is 10.7 Å². The SMILES string of the molecule is CN(C)C(=O)c1ccc(-c2cnc(N)c(C(=N)OC(N)=Nc3cccc(Cl)c3)n2)cc1. The number of nitrogen functional groups attached to an aromatic ring is 1. The van der Waals surface area contributed by atoms with Crippen molar-refractivity contribution in [1.29, 1.82) is 5.41 Å². The number of amidine groups is 1. The third-order valence-electron chi connectivity index (χ3n) is 4.10. The molecule has 0 spiro atoms. The van der Waals surface area contributed by atoms with E-state index in [1.807, 2.05) is 0 Å². The molecule has 0 saturated heterocycles. The van der Waals surface area contributed by atoms with Crippen LogP contribution < -0.4 is 11.5 Å². The second-order valence-electron chi connectivity index (χ2n) is 6.63. The maximum Gasteiger partial charge on any atom is 0.294 e. The van der Waals surface area contributed by atoms with Crippen molar-refractivity contribution in [1.82, 2.24) is 14.9 Å². The highest BCUT2D eigenvalue weighted by atomic mass is 35.5. The molecule has 0 aliphatic carbocycles. The number of carbonyl (C=O) groups is 1. The molecule has 10 heteroatoms. The van der Waals surface area contributed by atoms with E-state index in [4.69, 9.17) is 33.2 Å². The Balaban J connectivity index is 1.82. The lowest BCUT2D eigenvalue weighted by Crippen LogP contribution is -2.22. The lowest BCUT2D eigenvalue weighted by Gasteiger charge is -2.11. The highest BCUT2D eigenvalue weighted by Gasteiger charge is 2.15. The summed E-state index contributed by atoms with van der Waals surface area (Å²) in [5.41, 5.74) is 13.8. The van der Waals surface area contributed by atoms with Gasteiger partial charge in [-0.2, -0.15) is 4.99 Å². The molecule has 3 aromatic rings. The van der Waals surface area contributed by atoms with Crippen LogP contribution in [0.4, 0.5) is 11.5 Å². The molecule has 158 valence electrons. The lowest BCUT2D eigenvalue weighted by atomic mass is 10.1. The Morgan fingerprint density at radius 1 is 1.19 bits per heavy atom. The summed E-state index contributed by atoms with van der Waals surface area (Å²) < 4.78 is 5.26. The predicted molar refractivity (Wildman–Crippen MR) is 121 cm³/mol. The molecule has 31 heavy (non-hydrogen) atoms. The fraction of sp³-hybridized carbons (Fsp3) is 0.0952. The van der Waals surface area contributed by atoms with Gasteiger partial charge in [0.15, 0.2) is 11.5 Å². The maximum atomic E-state index is 12.0. The first-order valence-electron chi connectivity index (χ1n) is 9.05. The molecule has 0 fully saturated rings. The van der Waals surface area contributed by atoms with E-state index in [0.29, 0.717) is 27.5 Å². The normalized spacial score (nSPS) is 11.1. The largest absolute Gasteiger partial charge is 0.405 e. The molecule has 0 saturated carbocycles. The molecule has 0 radical (unpaired) electrons. The van der Waals surface area contributed by atoms with Gasteiger partial charge in [-0.05, 0) is 30.3 Å². The number of hydrogen-bond acceptors (Lipinski definition) is 7. The molecule has 0 aliphatic rings. The summed E-state index contributed by atoms with van der Waals surface area (Å²) in [5.74, 6) is -0.515. The summed E-state index contributed by atoms with van der Waals surface area (Å²) in [4.78, 5) is 26.0. The standard InChI is InChI=1S/C21H20ClN7O2/c1-29(2)20(30)13-8-6-12(7-9-13)16-11-26-18(23)17(28-16)19(24)31-21(25)27-15-5-3-4-14(22)10-15/h3-11,24H,1-2H3,(H2,23,26)(H2,25,27). The summed E-state index contributed by atoms with van der Waals surface area (Å²) in [5, 5.41) is 8.65. The van der Waals surface area contributed by atoms with Gasteiger partial charge in [0.25, 0.3) is 11.9 Å². The smallest absolute Gasteiger partial charge is 0.294 e. The van der Waals surface area contributed by atoms with Gasteiger partial charge in [0.05, 0.1) is 17.6 Å². The van der Waals surface area contributed by atoms with Gasteiger partial charge in [0.2, 0.25) is 5.90 Å². The number of nitrogens with two attached hydrogens (primary N) is 2. The van der Waals surface area contributed by atoms with E-state index >= 15 is 0 Å². The van der Waals surface area contributed by atoms with Crippen LogP contribution in [0.5, 0.6) is 0 Å². The predicted octanol–water partition coefficient (Wildman–Crippen LogP) is 3.07. The number of nitrogens with one attached hydrogen (secondary N) is 1. The topological polar surface area (TPSA) is 144 Å². The molecule has 1 amide bonds. The third kappa shape index (κ3) is 5.34. The lowest BCUT2D eigenvalue weighted by molar-refractivity contribution is 0.0827. The van der Waals surface area contributed by atoms with E-state index < -0.39 is 5.90 Å². The minimum atomic E-state index is -0.408. The van der Waals surface area contributed by atoms with Crippen LogP contribution in [-0.4, -0.2) is 46.8 Å². The first-order chi connectivity index (χ1) is 14.7. The van der Waals surface area contributed by atoms with E-state index in [9.17, 15) is 4.79 Å².